The number of anilines is 1. The summed E-state index contributed by atoms with van der Waals surface area (Å²) >= 11 is 0. The number of nitrogens with one attached hydrogen (secondary N) is 1. The molecule has 2 fully saturated rings. The van der Waals surface area contributed by atoms with E-state index in [9.17, 15) is 10.1 Å². The molecular weight excluding hydrogens is 398 g/mol. The standard InChI is InChI=1S/C26H35N5O/c1-16(2)11-19-13-21(14-19)26-30-29-25(31(26)22-6-7-22)20(9-10-27)15-24(32)28-23-8-5-17(3)12-18(23)4/h5,8,12,16,19-22H,6-7,9,11,13-15H2,1-4H3,(H,28,32)/t19-,20-,21+/m0/s1. The van der Waals surface area contributed by atoms with Gasteiger partial charge in [-0.2, -0.15) is 5.26 Å². The van der Waals surface area contributed by atoms with Crippen LogP contribution in [0.1, 0.15) is 99.4 Å². The molecule has 6 heteroatoms. The van der Waals surface area contributed by atoms with Crippen molar-refractivity contribution in [3.63, 3.8) is 0 Å². The summed E-state index contributed by atoms with van der Waals surface area (Å²) in [5.74, 6) is 3.57. The number of hydrogen-bond acceptors (Lipinski definition) is 4. The van der Waals surface area contributed by atoms with E-state index >= 15 is 0 Å². The number of hydrogen-bond donors (Lipinski definition) is 1. The maximum atomic E-state index is 12.9. The van der Waals surface area contributed by atoms with Crippen LogP contribution in [-0.4, -0.2) is 20.7 Å². The predicted molar refractivity (Wildman–Crippen MR) is 125 cm³/mol. The Morgan fingerprint density at radius 3 is 2.62 bits per heavy atom. The van der Waals surface area contributed by atoms with E-state index in [0.717, 1.165) is 47.6 Å². The van der Waals surface area contributed by atoms with E-state index in [1.54, 1.807) is 0 Å². The van der Waals surface area contributed by atoms with Crippen molar-refractivity contribution in [2.45, 2.75) is 90.5 Å². The lowest BCUT2D eigenvalue weighted by atomic mass is 9.71. The summed E-state index contributed by atoms with van der Waals surface area (Å²) in [4.78, 5) is 12.9. The molecule has 4 rings (SSSR count). The smallest absolute Gasteiger partial charge is 0.225 e. The number of carbonyl (C=O) groups excluding carboxylic acids is 1. The Morgan fingerprint density at radius 2 is 2.00 bits per heavy atom. The molecule has 2 aromatic rings. The number of rotatable bonds is 9. The topological polar surface area (TPSA) is 83.6 Å². The first-order chi connectivity index (χ1) is 15.4. The summed E-state index contributed by atoms with van der Waals surface area (Å²) in [6.07, 6.45) is 6.41. The molecule has 1 aromatic heterocycles. The fourth-order valence-electron chi connectivity index (χ4n) is 5.13. The molecule has 0 radical (unpaired) electrons. The molecule has 1 amide bonds. The molecule has 32 heavy (non-hydrogen) atoms. The van der Waals surface area contributed by atoms with Gasteiger partial charge in [0.25, 0.3) is 0 Å². The maximum Gasteiger partial charge on any atom is 0.225 e. The van der Waals surface area contributed by atoms with Crippen molar-refractivity contribution in [2.24, 2.45) is 11.8 Å². The minimum atomic E-state index is -0.237. The summed E-state index contributed by atoms with van der Waals surface area (Å²) in [5, 5.41) is 21.7. The van der Waals surface area contributed by atoms with Crippen molar-refractivity contribution in [3.05, 3.63) is 41.0 Å². The molecule has 0 spiro atoms. The van der Waals surface area contributed by atoms with Gasteiger partial charge >= 0.3 is 0 Å². The zero-order valence-corrected chi connectivity index (χ0v) is 19.8. The molecule has 2 saturated carbocycles. The summed E-state index contributed by atoms with van der Waals surface area (Å²) in [6.45, 7) is 8.61. The van der Waals surface area contributed by atoms with Crippen LogP contribution in [0.5, 0.6) is 0 Å². The number of nitrogens with zero attached hydrogens (tertiary/aromatic N) is 4. The van der Waals surface area contributed by atoms with Crippen molar-refractivity contribution >= 4 is 11.6 Å². The Hall–Kier alpha value is -2.68. The lowest BCUT2D eigenvalue weighted by Crippen LogP contribution is -2.26. The number of nitriles is 1. The van der Waals surface area contributed by atoms with Gasteiger partial charge in [0, 0.05) is 36.4 Å². The first kappa shape index (κ1) is 22.5. The third-order valence-electron chi connectivity index (χ3n) is 6.86. The molecule has 6 nitrogen and oxygen atoms in total. The van der Waals surface area contributed by atoms with Gasteiger partial charge in [0.15, 0.2) is 0 Å². The van der Waals surface area contributed by atoms with E-state index in [4.69, 9.17) is 0 Å². The van der Waals surface area contributed by atoms with E-state index < -0.39 is 0 Å². The first-order valence-corrected chi connectivity index (χ1v) is 12.0. The second-order valence-corrected chi connectivity index (χ2v) is 10.3. The third-order valence-corrected chi connectivity index (χ3v) is 6.86. The monoisotopic (exact) mass is 433 g/mol. The summed E-state index contributed by atoms with van der Waals surface area (Å²) in [7, 11) is 0. The third kappa shape index (κ3) is 5.03. The highest BCUT2D eigenvalue weighted by molar-refractivity contribution is 5.92. The molecule has 0 bridgehead atoms. The Bertz CT molecular complexity index is 1010. The van der Waals surface area contributed by atoms with Crippen LogP contribution < -0.4 is 5.32 Å². The lowest BCUT2D eigenvalue weighted by Gasteiger charge is -2.36. The van der Waals surface area contributed by atoms with Gasteiger partial charge < -0.3 is 9.88 Å². The van der Waals surface area contributed by atoms with Gasteiger partial charge in [0.1, 0.15) is 11.6 Å². The van der Waals surface area contributed by atoms with Crippen LogP contribution in [0, 0.1) is 37.0 Å². The second kappa shape index (κ2) is 9.44. The highest BCUT2D eigenvalue weighted by atomic mass is 16.1. The normalized spacial score (nSPS) is 21.1. The maximum absolute atomic E-state index is 12.9. The Morgan fingerprint density at radius 1 is 1.25 bits per heavy atom. The van der Waals surface area contributed by atoms with Crippen LogP contribution in [0.3, 0.4) is 0 Å². The number of aromatic nitrogens is 3. The van der Waals surface area contributed by atoms with Crippen molar-refractivity contribution in [1.29, 1.82) is 5.26 Å². The fraction of sp³-hybridized carbons (Fsp3) is 0.615. The minimum absolute atomic E-state index is 0.0789. The van der Waals surface area contributed by atoms with Crippen LogP contribution >= 0.6 is 0 Å². The Kier molecular flexibility index (Phi) is 6.64. The second-order valence-electron chi connectivity index (χ2n) is 10.3. The number of benzene rings is 1. The molecule has 1 aromatic carbocycles. The largest absolute Gasteiger partial charge is 0.326 e. The Labute approximate surface area is 191 Å². The first-order valence-electron chi connectivity index (χ1n) is 12.0. The van der Waals surface area contributed by atoms with Crippen LogP contribution in [-0.2, 0) is 4.79 Å². The van der Waals surface area contributed by atoms with E-state index in [0.29, 0.717) is 12.0 Å². The molecule has 2 aliphatic rings. The highest BCUT2D eigenvalue weighted by Gasteiger charge is 2.39. The summed E-state index contributed by atoms with van der Waals surface area (Å²) in [6, 6.07) is 8.70. The van der Waals surface area contributed by atoms with E-state index in [1.165, 1.54) is 24.8 Å². The SMILES string of the molecule is Cc1ccc(NC(=O)C[C@H](CC#N)c2nnc([C@H]3C[C@@H](CC(C)C)C3)n2C2CC2)c(C)c1. The van der Waals surface area contributed by atoms with Crippen LogP contribution in [0.4, 0.5) is 5.69 Å². The molecule has 2 aliphatic carbocycles. The van der Waals surface area contributed by atoms with Crippen LogP contribution in [0.2, 0.25) is 0 Å². The zero-order chi connectivity index (χ0) is 22.8. The molecule has 0 aliphatic heterocycles. The molecular formula is C26H35N5O. The molecule has 0 unspecified atom stereocenters. The lowest BCUT2D eigenvalue weighted by molar-refractivity contribution is -0.116. The Balaban J connectivity index is 1.49. The van der Waals surface area contributed by atoms with Gasteiger partial charge in [0.05, 0.1) is 6.07 Å². The van der Waals surface area contributed by atoms with Gasteiger partial charge in [-0.3, -0.25) is 4.79 Å². The summed E-state index contributed by atoms with van der Waals surface area (Å²) in [5.41, 5.74) is 3.03. The number of aryl methyl sites for hydroxylation is 2. The minimum Gasteiger partial charge on any atom is -0.326 e. The molecule has 1 heterocycles. The average Bonchev–Trinajstić information content (AvgIpc) is 3.45. The van der Waals surface area contributed by atoms with Gasteiger partial charge in [-0.1, -0.05) is 31.5 Å². The van der Waals surface area contributed by atoms with E-state index in [-0.39, 0.29) is 24.7 Å². The zero-order valence-electron chi connectivity index (χ0n) is 19.8. The van der Waals surface area contributed by atoms with Crippen molar-refractivity contribution in [3.8, 4) is 6.07 Å². The number of carbonyl (C=O) groups is 1. The van der Waals surface area contributed by atoms with Gasteiger partial charge in [0.2, 0.25) is 5.91 Å². The van der Waals surface area contributed by atoms with Crippen LogP contribution in [0.15, 0.2) is 18.2 Å². The van der Waals surface area contributed by atoms with Gasteiger partial charge in [-0.05, 0) is 69.4 Å². The molecule has 0 saturated heterocycles. The van der Waals surface area contributed by atoms with E-state index in [1.807, 2.05) is 26.0 Å². The molecule has 1 N–H and O–H groups in total. The van der Waals surface area contributed by atoms with E-state index in [2.05, 4.69) is 46.1 Å². The average molecular weight is 434 g/mol. The molecule has 170 valence electrons. The summed E-state index contributed by atoms with van der Waals surface area (Å²) < 4.78 is 2.29. The molecule has 1 atom stereocenters. The predicted octanol–water partition coefficient (Wildman–Crippen LogP) is 5.80. The van der Waals surface area contributed by atoms with Gasteiger partial charge in [-0.15, -0.1) is 10.2 Å². The van der Waals surface area contributed by atoms with Crippen molar-refractivity contribution in [2.75, 3.05) is 5.32 Å². The van der Waals surface area contributed by atoms with Gasteiger partial charge in [-0.25, -0.2) is 0 Å². The fourth-order valence-corrected chi connectivity index (χ4v) is 5.13. The van der Waals surface area contributed by atoms with Crippen LogP contribution in [0.25, 0.3) is 0 Å². The highest BCUT2D eigenvalue weighted by Crippen LogP contribution is 2.48. The van der Waals surface area contributed by atoms with Crippen molar-refractivity contribution < 1.29 is 4.79 Å². The van der Waals surface area contributed by atoms with Crippen molar-refractivity contribution in [1.82, 2.24) is 14.8 Å². The quantitative estimate of drug-likeness (QED) is 0.542. The number of amides is 1.